The van der Waals surface area contributed by atoms with Crippen molar-refractivity contribution >= 4 is 21.4 Å². The van der Waals surface area contributed by atoms with Gasteiger partial charge in [0.25, 0.3) is 0 Å². The molecule has 1 saturated heterocycles. The lowest BCUT2D eigenvalue weighted by molar-refractivity contribution is -0.117. The van der Waals surface area contributed by atoms with Crippen LogP contribution >= 0.6 is 0 Å². The average Bonchev–Trinajstić information content (AvgIpc) is 2.64. The zero-order valence-electron chi connectivity index (χ0n) is 15.3. The monoisotopic (exact) mass is 388 g/mol. The summed E-state index contributed by atoms with van der Waals surface area (Å²) in [5.41, 5.74) is 1.66. The number of rotatable bonds is 6. The molecule has 1 aliphatic heterocycles. The van der Waals surface area contributed by atoms with E-state index >= 15 is 0 Å². The number of carbonyl (C=O) groups excluding carboxylic acids is 1. The molecule has 2 heterocycles. The van der Waals surface area contributed by atoms with Crippen LogP contribution in [0.15, 0.2) is 53.6 Å². The molecule has 8 heteroatoms. The number of benzene rings is 1. The summed E-state index contributed by atoms with van der Waals surface area (Å²) >= 11 is 0. The van der Waals surface area contributed by atoms with Crippen molar-refractivity contribution in [1.82, 2.24) is 14.8 Å². The lowest BCUT2D eigenvalue weighted by Gasteiger charge is -2.34. The second-order valence-electron chi connectivity index (χ2n) is 6.72. The number of nitrogens with zero attached hydrogens (tertiary/aromatic N) is 3. The minimum Gasteiger partial charge on any atom is -0.325 e. The summed E-state index contributed by atoms with van der Waals surface area (Å²) in [4.78, 5) is 21.3. The fraction of sp³-hybridized carbons (Fsp3) is 0.368. The number of pyridine rings is 1. The van der Waals surface area contributed by atoms with E-state index in [0.29, 0.717) is 12.2 Å². The summed E-state index contributed by atoms with van der Waals surface area (Å²) in [6.07, 6.45) is 2.96. The second-order valence-corrected chi connectivity index (χ2v) is 8.73. The number of piperazine rings is 1. The molecule has 1 fully saturated rings. The molecule has 2 aromatic rings. The first-order valence-electron chi connectivity index (χ1n) is 8.85. The van der Waals surface area contributed by atoms with Crippen LogP contribution in [0.25, 0.3) is 0 Å². The van der Waals surface area contributed by atoms with Gasteiger partial charge in [-0.2, -0.15) is 0 Å². The summed E-state index contributed by atoms with van der Waals surface area (Å²) in [7, 11) is -3.23. The van der Waals surface area contributed by atoms with Gasteiger partial charge in [-0.1, -0.05) is 6.07 Å². The zero-order chi connectivity index (χ0) is 19.3. The van der Waals surface area contributed by atoms with E-state index in [9.17, 15) is 13.2 Å². The number of aromatic nitrogens is 1. The van der Waals surface area contributed by atoms with Gasteiger partial charge in [-0.3, -0.25) is 19.6 Å². The average molecular weight is 388 g/mol. The van der Waals surface area contributed by atoms with Crippen molar-refractivity contribution in [2.45, 2.75) is 11.4 Å². The van der Waals surface area contributed by atoms with Crippen LogP contribution in [0.2, 0.25) is 0 Å². The fourth-order valence-corrected chi connectivity index (χ4v) is 3.65. The molecule has 144 valence electrons. The molecule has 0 saturated carbocycles. The van der Waals surface area contributed by atoms with Crippen LogP contribution in [0, 0.1) is 0 Å². The SMILES string of the molecule is CS(=O)(=O)c1ccc(NC(=O)CN2CCN(Cc3ccccn3)CC2)cc1. The summed E-state index contributed by atoms with van der Waals surface area (Å²) in [5, 5.41) is 2.82. The molecule has 0 bridgehead atoms. The van der Waals surface area contributed by atoms with Crippen molar-refractivity contribution in [2.24, 2.45) is 0 Å². The highest BCUT2D eigenvalue weighted by molar-refractivity contribution is 7.90. The molecule has 27 heavy (non-hydrogen) atoms. The summed E-state index contributed by atoms with van der Waals surface area (Å²) in [6.45, 7) is 4.60. The maximum absolute atomic E-state index is 12.2. The predicted octanol–water partition coefficient (Wildman–Crippen LogP) is 1.24. The molecule has 0 atom stereocenters. The minimum absolute atomic E-state index is 0.0970. The van der Waals surface area contributed by atoms with Gasteiger partial charge in [0.2, 0.25) is 5.91 Å². The van der Waals surface area contributed by atoms with Crippen molar-refractivity contribution < 1.29 is 13.2 Å². The quantitative estimate of drug-likeness (QED) is 0.802. The number of amides is 1. The zero-order valence-corrected chi connectivity index (χ0v) is 16.2. The number of nitrogens with one attached hydrogen (secondary N) is 1. The van der Waals surface area contributed by atoms with Gasteiger partial charge in [0.05, 0.1) is 17.1 Å². The predicted molar refractivity (Wildman–Crippen MR) is 104 cm³/mol. The fourth-order valence-electron chi connectivity index (χ4n) is 3.02. The Morgan fingerprint density at radius 2 is 1.70 bits per heavy atom. The van der Waals surface area contributed by atoms with Crippen LogP contribution in [0.3, 0.4) is 0 Å². The maximum Gasteiger partial charge on any atom is 0.238 e. The van der Waals surface area contributed by atoms with Crippen LogP contribution < -0.4 is 5.32 Å². The van der Waals surface area contributed by atoms with Crippen LogP contribution in [0.4, 0.5) is 5.69 Å². The molecule has 1 aliphatic rings. The molecule has 7 nitrogen and oxygen atoms in total. The van der Waals surface area contributed by atoms with Gasteiger partial charge in [-0.25, -0.2) is 8.42 Å². The van der Waals surface area contributed by atoms with Gasteiger partial charge < -0.3 is 5.32 Å². The standard InChI is InChI=1S/C19H24N4O3S/c1-27(25,26)18-7-5-16(6-8-18)21-19(24)15-23-12-10-22(11-13-23)14-17-4-2-3-9-20-17/h2-9H,10-15H2,1H3,(H,21,24). The number of anilines is 1. The molecular weight excluding hydrogens is 364 g/mol. The smallest absolute Gasteiger partial charge is 0.238 e. The van der Waals surface area contributed by atoms with Crippen LogP contribution in [0.5, 0.6) is 0 Å². The summed E-state index contributed by atoms with van der Waals surface area (Å²) in [5.74, 6) is -0.0970. The first kappa shape index (κ1) is 19.5. The van der Waals surface area contributed by atoms with Gasteiger partial charge in [0, 0.05) is 50.9 Å². The Balaban J connectivity index is 1.44. The highest BCUT2D eigenvalue weighted by Crippen LogP contribution is 2.14. The Bertz CT molecular complexity index is 862. The third-order valence-corrected chi connectivity index (χ3v) is 5.64. The Morgan fingerprint density at radius 3 is 2.30 bits per heavy atom. The number of hydrogen-bond donors (Lipinski definition) is 1. The van der Waals surface area contributed by atoms with Gasteiger partial charge in [0.15, 0.2) is 9.84 Å². The first-order chi connectivity index (χ1) is 12.9. The Morgan fingerprint density at radius 1 is 1.04 bits per heavy atom. The molecule has 1 aromatic heterocycles. The molecule has 0 aliphatic carbocycles. The van der Waals surface area contributed by atoms with Crippen molar-refractivity contribution in [3.63, 3.8) is 0 Å². The highest BCUT2D eigenvalue weighted by Gasteiger charge is 2.19. The van der Waals surface area contributed by atoms with Crippen molar-refractivity contribution in [2.75, 3.05) is 44.3 Å². The highest BCUT2D eigenvalue weighted by atomic mass is 32.2. The van der Waals surface area contributed by atoms with Crippen molar-refractivity contribution in [3.05, 3.63) is 54.4 Å². The molecule has 1 N–H and O–H groups in total. The summed E-state index contributed by atoms with van der Waals surface area (Å²) < 4.78 is 22.9. The van der Waals surface area contributed by atoms with E-state index in [0.717, 1.165) is 44.7 Å². The Labute approximate surface area is 159 Å². The van der Waals surface area contributed by atoms with Crippen LogP contribution in [-0.2, 0) is 21.2 Å². The van der Waals surface area contributed by atoms with Gasteiger partial charge in [-0.15, -0.1) is 0 Å². The maximum atomic E-state index is 12.2. The third kappa shape index (κ3) is 5.85. The topological polar surface area (TPSA) is 82.6 Å². The largest absolute Gasteiger partial charge is 0.325 e. The number of hydrogen-bond acceptors (Lipinski definition) is 6. The third-order valence-electron chi connectivity index (χ3n) is 4.51. The van der Waals surface area contributed by atoms with E-state index in [4.69, 9.17) is 0 Å². The lowest BCUT2D eigenvalue weighted by atomic mass is 10.2. The molecule has 0 unspecified atom stereocenters. The van der Waals surface area contributed by atoms with E-state index < -0.39 is 9.84 Å². The van der Waals surface area contributed by atoms with Gasteiger partial charge in [0.1, 0.15) is 0 Å². The molecule has 3 rings (SSSR count). The van der Waals surface area contributed by atoms with E-state index in [1.165, 1.54) is 12.1 Å². The van der Waals surface area contributed by atoms with Crippen molar-refractivity contribution in [1.29, 1.82) is 0 Å². The van der Waals surface area contributed by atoms with E-state index in [2.05, 4.69) is 20.1 Å². The Hall–Kier alpha value is -2.29. The van der Waals surface area contributed by atoms with E-state index in [1.807, 2.05) is 18.2 Å². The number of sulfone groups is 1. The van der Waals surface area contributed by atoms with Crippen LogP contribution in [-0.4, -0.2) is 68.1 Å². The first-order valence-corrected chi connectivity index (χ1v) is 10.7. The minimum atomic E-state index is -3.23. The van der Waals surface area contributed by atoms with E-state index in [1.54, 1.807) is 18.3 Å². The number of carbonyl (C=O) groups is 1. The van der Waals surface area contributed by atoms with E-state index in [-0.39, 0.29) is 10.8 Å². The lowest BCUT2D eigenvalue weighted by Crippen LogP contribution is -2.48. The molecule has 0 spiro atoms. The molecule has 0 radical (unpaired) electrons. The molecule has 1 aromatic carbocycles. The Kier molecular flexibility index (Phi) is 6.20. The van der Waals surface area contributed by atoms with Crippen LogP contribution in [0.1, 0.15) is 5.69 Å². The summed E-state index contributed by atoms with van der Waals surface area (Å²) in [6, 6.07) is 12.1. The van der Waals surface area contributed by atoms with Crippen molar-refractivity contribution in [3.8, 4) is 0 Å². The second kappa shape index (κ2) is 8.60. The van der Waals surface area contributed by atoms with Gasteiger partial charge in [-0.05, 0) is 36.4 Å². The molecule has 1 amide bonds. The molecular formula is C19H24N4O3S. The normalized spacial score (nSPS) is 16.2. The van der Waals surface area contributed by atoms with Gasteiger partial charge >= 0.3 is 0 Å².